The highest BCUT2D eigenvalue weighted by molar-refractivity contribution is 7.91. The number of hydrogen-bond acceptors (Lipinski definition) is 4. The summed E-state index contributed by atoms with van der Waals surface area (Å²) in [5.41, 5.74) is 2.20. The lowest BCUT2D eigenvalue weighted by molar-refractivity contribution is -0.136. The Labute approximate surface area is 231 Å². The number of ether oxygens (including phenoxy) is 1. The van der Waals surface area contributed by atoms with E-state index < -0.39 is 21.6 Å². The van der Waals surface area contributed by atoms with Gasteiger partial charge < -0.3 is 4.74 Å². The molecule has 0 unspecified atom stereocenters. The molecule has 0 N–H and O–H groups in total. The number of para-hydroxylation sites is 1. The third-order valence-corrected chi connectivity index (χ3v) is 8.47. The van der Waals surface area contributed by atoms with E-state index in [1.807, 2.05) is 43.3 Å². The maximum absolute atomic E-state index is 13.9. The van der Waals surface area contributed by atoms with Gasteiger partial charge in [0.15, 0.2) is 9.84 Å². The largest absolute Gasteiger partial charge is 0.457 e. The predicted octanol–water partition coefficient (Wildman–Crippen LogP) is 8.49. The molecule has 0 amide bonds. The summed E-state index contributed by atoms with van der Waals surface area (Å²) in [5, 5.41) is 0.394. The molecule has 204 valence electrons. The van der Waals surface area contributed by atoms with Crippen molar-refractivity contribution in [3.8, 4) is 22.6 Å². The standard InChI is InChI=1S/C32H26F3NO3S/c1-2-18-40(37,38)27-16-14-25(15-17-27)39-26-11-6-10-23(20-26)30-24(19-22-8-4-3-5-9-22)21-36-31-28(30)12-7-13-29(31)32(33,34)35/h3-17,20-21H,2,18-19H2,1H3. The van der Waals surface area contributed by atoms with Crippen LogP contribution in [0.15, 0.2) is 108 Å². The van der Waals surface area contributed by atoms with Gasteiger partial charge in [-0.1, -0.05) is 61.5 Å². The van der Waals surface area contributed by atoms with Gasteiger partial charge in [0.05, 0.1) is 21.7 Å². The van der Waals surface area contributed by atoms with Gasteiger partial charge in [-0.3, -0.25) is 4.98 Å². The molecule has 1 heterocycles. The molecular weight excluding hydrogens is 535 g/mol. The number of nitrogens with zero attached hydrogens (tertiary/aromatic N) is 1. The van der Waals surface area contributed by atoms with E-state index in [1.165, 1.54) is 24.4 Å². The highest BCUT2D eigenvalue weighted by atomic mass is 32.2. The molecule has 5 rings (SSSR count). The molecule has 0 saturated carbocycles. The number of halogens is 3. The second-order valence-corrected chi connectivity index (χ2v) is 11.5. The zero-order valence-corrected chi connectivity index (χ0v) is 22.5. The third-order valence-electron chi connectivity index (χ3n) is 6.53. The number of aromatic nitrogens is 1. The Morgan fingerprint density at radius 3 is 2.25 bits per heavy atom. The van der Waals surface area contributed by atoms with E-state index in [1.54, 1.807) is 36.4 Å². The van der Waals surface area contributed by atoms with Gasteiger partial charge >= 0.3 is 6.18 Å². The number of rotatable bonds is 8. The van der Waals surface area contributed by atoms with Crippen LogP contribution in [0, 0.1) is 0 Å². The molecule has 40 heavy (non-hydrogen) atoms. The Morgan fingerprint density at radius 2 is 1.55 bits per heavy atom. The van der Waals surface area contributed by atoms with Crippen molar-refractivity contribution in [2.75, 3.05) is 5.75 Å². The van der Waals surface area contributed by atoms with Gasteiger partial charge in [-0.2, -0.15) is 13.2 Å². The fourth-order valence-corrected chi connectivity index (χ4v) is 6.06. The van der Waals surface area contributed by atoms with Gasteiger partial charge in [-0.25, -0.2) is 8.42 Å². The summed E-state index contributed by atoms with van der Waals surface area (Å²) in [4.78, 5) is 4.49. The van der Waals surface area contributed by atoms with Crippen LogP contribution in [-0.4, -0.2) is 19.2 Å². The highest BCUT2D eigenvalue weighted by Crippen LogP contribution is 2.40. The molecule has 5 aromatic rings. The van der Waals surface area contributed by atoms with Gasteiger partial charge in [0, 0.05) is 11.6 Å². The molecule has 1 aromatic heterocycles. The first-order valence-corrected chi connectivity index (χ1v) is 14.4. The van der Waals surface area contributed by atoms with Crippen molar-refractivity contribution >= 4 is 20.7 Å². The summed E-state index contributed by atoms with van der Waals surface area (Å²) in [6.07, 6.45) is -2.03. The summed E-state index contributed by atoms with van der Waals surface area (Å²) < 4.78 is 72.3. The SMILES string of the molecule is CCCS(=O)(=O)c1ccc(Oc2cccc(-c3c(Cc4ccccc4)cnc4c(C(F)(F)F)cccc34)c2)cc1. The zero-order valence-electron chi connectivity index (χ0n) is 21.7. The van der Waals surface area contributed by atoms with Crippen LogP contribution in [0.3, 0.4) is 0 Å². The minimum Gasteiger partial charge on any atom is -0.457 e. The van der Waals surface area contributed by atoms with Gasteiger partial charge in [0.1, 0.15) is 11.5 Å². The third kappa shape index (κ3) is 5.87. The molecule has 4 aromatic carbocycles. The van der Waals surface area contributed by atoms with Gasteiger partial charge in [-0.15, -0.1) is 0 Å². The van der Waals surface area contributed by atoms with E-state index >= 15 is 0 Å². The fraction of sp³-hybridized carbons (Fsp3) is 0.156. The smallest absolute Gasteiger partial charge is 0.418 e. The second kappa shape index (κ2) is 11.1. The van der Waals surface area contributed by atoms with Crippen LogP contribution >= 0.6 is 0 Å². The molecule has 0 bridgehead atoms. The van der Waals surface area contributed by atoms with Crippen LogP contribution in [0.2, 0.25) is 0 Å². The van der Waals surface area contributed by atoms with Crippen LogP contribution in [0.5, 0.6) is 11.5 Å². The molecule has 0 radical (unpaired) electrons. The van der Waals surface area contributed by atoms with Gasteiger partial charge in [0.25, 0.3) is 0 Å². The Balaban J connectivity index is 1.57. The Bertz CT molecular complexity index is 1750. The monoisotopic (exact) mass is 561 g/mol. The zero-order chi connectivity index (χ0) is 28.3. The Kier molecular flexibility index (Phi) is 7.63. The van der Waals surface area contributed by atoms with E-state index in [2.05, 4.69) is 4.98 Å². The average Bonchev–Trinajstić information content (AvgIpc) is 2.93. The molecule has 0 aliphatic rings. The molecule has 0 fully saturated rings. The quantitative estimate of drug-likeness (QED) is 0.191. The number of alkyl halides is 3. The molecule has 0 saturated heterocycles. The van der Waals surface area contributed by atoms with E-state index in [-0.39, 0.29) is 16.2 Å². The Morgan fingerprint density at radius 1 is 0.825 bits per heavy atom. The Hall–Kier alpha value is -4.17. The lowest BCUT2D eigenvalue weighted by Crippen LogP contribution is -2.07. The maximum Gasteiger partial charge on any atom is 0.418 e. The van der Waals surface area contributed by atoms with Crippen LogP contribution in [0.25, 0.3) is 22.0 Å². The van der Waals surface area contributed by atoms with Crippen molar-refractivity contribution in [2.45, 2.75) is 30.8 Å². The minimum atomic E-state index is -4.55. The highest BCUT2D eigenvalue weighted by Gasteiger charge is 2.33. The molecule has 0 spiro atoms. The lowest BCUT2D eigenvalue weighted by Gasteiger charge is -2.17. The minimum absolute atomic E-state index is 0.0660. The van der Waals surface area contributed by atoms with Crippen molar-refractivity contribution in [3.05, 3.63) is 120 Å². The average molecular weight is 562 g/mol. The predicted molar refractivity (Wildman–Crippen MR) is 150 cm³/mol. The lowest BCUT2D eigenvalue weighted by atomic mass is 9.92. The van der Waals surface area contributed by atoms with Crippen molar-refractivity contribution in [3.63, 3.8) is 0 Å². The van der Waals surface area contributed by atoms with Crippen molar-refractivity contribution < 1.29 is 26.3 Å². The number of fused-ring (bicyclic) bond motifs is 1. The van der Waals surface area contributed by atoms with Crippen LogP contribution < -0.4 is 4.74 Å². The van der Waals surface area contributed by atoms with Crippen LogP contribution in [0.1, 0.15) is 30.0 Å². The normalized spacial score (nSPS) is 12.0. The van der Waals surface area contributed by atoms with Crippen molar-refractivity contribution in [2.24, 2.45) is 0 Å². The second-order valence-electron chi connectivity index (χ2n) is 9.44. The molecule has 8 heteroatoms. The van der Waals surface area contributed by atoms with E-state index in [0.717, 1.165) is 17.2 Å². The van der Waals surface area contributed by atoms with E-state index in [9.17, 15) is 21.6 Å². The number of pyridine rings is 1. The van der Waals surface area contributed by atoms with E-state index in [4.69, 9.17) is 4.74 Å². The van der Waals surface area contributed by atoms with E-state index in [0.29, 0.717) is 40.9 Å². The van der Waals surface area contributed by atoms with Crippen LogP contribution in [0.4, 0.5) is 13.2 Å². The molecule has 0 atom stereocenters. The van der Waals surface area contributed by atoms with Crippen molar-refractivity contribution in [1.29, 1.82) is 0 Å². The van der Waals surface area contributed by atoms with Crippen molar-refractivity contribution in [1.82, 2.24) is 4.98 Å². The molecule has 0 aliphatic carbocycles. The molecule has 0 aliphatic heterocycles. The topological polar surface area (TPSA) is 56.3 Å². The first-order valence-electron chi connectivity index (χ1n) is 12.8. The van der Waals surface area contributed by atoms with Gasteiger partial charge in [0.2, 0.25) is 0 Å². The van der Waals surface area contributed by atoms with Gasteiger partial charge in [-0.05, 0) is 77.6 Å². The maximum atomic E-state index is 13.9. The first-order chi connectivity index (χ1) is 19.2. The number of sulfone groups is 1. The summed E-state index contributed by atoms with van der Waals surface area (Å²) in [6.45, 7) is 1.81. The first kappa shape index (κ1) is 27.4. The summed E-state index contributed by atoms with van der Waals surface area (Å²) in [6, 6.07) is 27.1. The molecular formula is C32H26F3NO3S. The fourth-order valence-electron chi connectivity index (χ4n) is 4.74. The number of benzene rings is 4. The number of hydrogen-bond donors (Lipinski definition) is 0. The summed E-state index contributed by atoms with van der Waals surface area (Å²) >= 11 is 0. The molecule has 4 nitrogen and oxygen atoms in total. The summed E-state index contributed by atoms with van der Waals surface area (Å²) in [5.74, 6) is 0.969. The summed E-state index contributed by atoms with van der Waals surface area (Å²) in [7, 11) is -3.35. The van der Waals surface area contributed by atoms with Crippen LogP contribution in [-0.2, 0) is 22.4 Å².